The first-order valence-corrected chi connectivity index (χ1v) is 6.43. The highest BCUT2D eigenvalue weighted by molar-refractivity contribution is 5.91. The summed E-state index contributed by atoms with van der Waals surface area (Å²) in [4.78, 5) is 23.9. The topological polar surface area (TPSA) is 77.1 Å². The van der Waals surface area contributed by atoms with Crippen molar-refractivity contribution in [3.05, 3.63) is 64.5 Å². The lowest BCUT2D eigenvalue weighted by molar-refractivity contribution is 0.0922. The molecule has 0 aliphatic heterocycles. The molecule has 3 rings (SSSR count). The third-order valence-corrected chi connectivity index (χ3v) is 3.19. The Bertz CT molecular complexity index is 850. The molecule has 0 aliphatic carbocycles. The summed E-state index contributed by atoms with van der Waals surface area (Å²) in [6, 6.07) is 10.4. The molecule has 6 nitrogen and oxygen atoms in total. The number of carbonyl (C=O) groups is 1. The predicted octanol–water partition coefficient (Wildman–Crippen LogP) is 1.46. The highest BCUT2D eigenvalue weighted by Gasteiger charge is 2.11. The molecule has 0 unspecified atom stereocenters. The molecule has 6 heteroatoms. The Balaban J connectivity index is 1.93. The maximum atomic E-state index is 12.0. The molecule has 21 heavy (non-hydrogen) atoms. The SMILES string of the molecule is Cn1nc(CNC(=O)c2ccco2)c2ccccc2c1=O. The van der Waals surface area contributed by atoms with Crippen molar-refractivity contribution >= 4 is 16.7 Å². The third-order valence-electron chi connectivity index (χ3n) is 3.19. The van der Waals surface area contributed by atoms with Gasteiger partial charge < -0.3 is 9.73 Å². The molecule has 0 bridgehead atoms. The van der Waals surface area contributed by atoms with E-state index < -0.39 is 0 Å². The second-order valence-electron chi connectivity index (χ2n) is 4.58. The first-order valence-electron chi connectivity index (χ1n) is 6.43. The Morgan fingerprint density at radius 1 is 1.24 bits per heavy atom. The summed E-state index contributed by atoms with van der Waals surface area (Å²) < 4.78 is 6.30. The number of nitrogens with zero attached hydrogens (tertiary/aromatic N) is 2. The lowest BCUT2D eigenvalue weighted by Crippen LogP contribution is -2.27. The largest absolute Gasteiger partial charge is 0.459 e. The van der Waals surface area contributed by atoms with E-state index in [9.17, 15) is 9.59 Å². The lowest BCUT2D eigenvalue weighted by Gasteiger charge is -2.08. The van der Waals surface area contributed by atoms with Crippen LogP contribution in [0.15, 0.2) is 51.9 Å². The van der Waals surface area contributed by atoms with E-state index in [1.54, 1.807) is 31.3 Å². The number of rotatable bonds is 3. The van der Waals surface area contributed by atoms with Crippen molar-refractivity contribution in [1.29, 1.82) is 0 Å². The number of hydrogen-bond acceptors (Lipinski definition) is 4. The molecule has 2 aromatic heterocycles. The molecular formula is C15H13N3O3. The van der Waals surface area contributed by atoms with Crippen molar-refractivity contribution in [1.82, 2.24) is 15.1 Å². The summed E-state index contributed by atoms with van der Waals surface area (Å²) in [5.74, 6) is -0.0798. The quantitative estimate of drug-likeness (QED) is 0.789. The van der Waals surface area contributed by atoms with Gasteiger partial charge in [-0.2, -0.15) is 5.10 Å². The molecule has 0 saturated heterocycles. The minimum absolute atomic E-state index is 0.160. The molecule has 0 radical (unpaired) electrons. The van der Waals surface area contributed by atoms with Crippen molar-refractivity contribution in [2.45, 2.75) is 6.54 Å². The number of amides is 1. The summed E-state index contributed by atoms with van der Waals surface area (Å²) in [7, 11) is 1.59. The van der Waals surface area contributed by atoms with E-state index in [1.807, 2.05) is 12.1 Å². The fraction of sp³-hybridized carbons (Fsp3) is 0.133. The molecular weight excluding hydrogens is 270 g/mol. The number of fused-ring (bicyclic) bond motifs is 1. The highest BCUT2D eigenvalue weighted by Crippen LogP contribution is 2.13. The standard InChI is InChI=1S/C15H13N3O3/c1-18-15(20)11-6-3-2-5-10(11)12(17-18)9-16-14(19)13-7-4-8-21-13/h2-8H,9H2,1H3,(H,16,19). The van der Waals surface area contributed by atoms with Gasteiger partial charge in [-0.15, -0.1) is 0 Å². The maximum absolute atomic E-state index is 12.0. The lowest BCUT2D eigenvalue weighted by atomic mass is 10.1. The van der Waals surface area contributed by atoms with Crippen molar-refractivity contribution in [3.63, 3.8) is 0 Å². The fourth-order valence-corrected chi connectivity index (χ4v) is 2.17. The zero-order valence-electron chi connectivity index (χ0n) is 11.4. The van der Waals surface area contributed by atoms with E-state index in [0.717, 1.165) is 5.39 Å². The van der Waals surface area contributed by atoms with Crippen LogP contribution in [0.5, 0.6) is 0 Å². The van der Waals surface area contributed by atoms with Crippen molar-refractivity contribution in [2.75, 3.05) is 0 Å². The zero-order chi connectivity index (χ0) is 14.8. The summed E-state index contributed by atoms with van der Waals surface area (Å²) in [6.45, 7) is 0.216. The molecule has 3 aromatic rings. The molecule has 0 atom stereocenters. The van der Waals surface area contributed by atoms with Crippen LogP contribution in [0.25, 0.3) is 10.8 Å². The van der Waals surface area contributed by atoms with Gasteiger partial charge in [-0.05, 0) is 18.2 Å². The molecule has 106 valence electrons. The molecule has 1 aromatic carbocycles. The second-order valence-corrected chi connectivity index (χ2v) is 4.58. The normalized spacial score (nSPS) is 10.7. The minimum atomic E-state index is -0.320. The van der Waals surface area contributed by atoms with Crippen molar-refractivity contribution in [2.24, 2.45) is 7.05 Å². The smallest absolute Gasteiger partial charge is 0.287 e. The predicted molar refractivity (Wildman–Crippen MR) is 76.9 cm³/mol. The van der Waals surface area contributed by atoms with Gasteiger partial charge in [-0.3, -0.25) is 9.59 Å². The summed E-state index contributed by atoms with van der Waals surface area (Å²) in [5.41, 5.74) is 0.472. The molecule has 1 amide bonds. The minimum Gasteiger partial charge on any atom is -0.459 e. The van der Waals surface area contributed by atoms with Crippen LogP contribution in [0, 0.1) is 0 Å². The Morgan fingerprint density at radius 3 is 2.71 bits per heavy atom. The van der Waals surface area contributed by atoms with E-state index in [0.29, 0.717) is 11.1 Å². The van der Waals surface area contributed by atoms with Gasteiger partial charge in [0.1, 0.15) is 0 Å². The van der Waals surface area contributed by atoms with E-state index in [2.05, 4.69) is 10.4 Å². The number of nitrogens with one attached hydrogen (secondary N) is 1. The van der Waals surface area contributed by atoms with E-state index in [4.69, 9.17) is 4.42 Å². The van der Waals surface area contributed by atoms with Gasteiger partial charge in [-0.25, -0.2) is 4.68 Å². The van der Waals surface area contributed by atoms with Gasteiger partial charge >= 0.3 is 0 Å². The van der Waals surface area contributed by atoms with Crippen LogP contribution in [-0.4, -0.2) is 15.7 Å². The first-order chi connectivity index (χ1) is 10.2. The van der Waals surface area contributed by atoms with Gasteiger partial charge in [0.25, 0.3) is 11.5 Å². The van der Waals surface area contributed by atoms with Gasteiger partial charge in [-0.1, -0.05) is 18.2 Å². The van der Waals surface area contributed by atoms with Crippen molar-refractivity contribution < 1.29 is 9.21 Å². The third kappa shape index (κ3) is 2.43. The Kier molecular flexibility index (Phi) is 3.27. The fourth-order valence-electron chi connectivity index (χ4n) is 2.17. The van der Waals surface area contributed by atoms with E-state index >= 15 is 0 Å². The summed E-state index contributed by atoms with van der Waals surface area (Å²) in [5, 5.41) is 8.26. The number of hydrogen-bond donors (Lipinski definition) is 1. The Hall–Kier alpha value is -2.89. The van der Waals surface area contributed by atoms with Crippen LogP contribution in [0.2, 0.25) is 0 Å². The molecule has 0 spiro atoms. The number of benzene rings is 1. The van der Waals surface area contributed by atoms with Gasteiger partial charge in [0, 0.05) is 12.4 Å². The van der Waals surface area contributed by atoms with Gasteiger partial charge in [0.15, 0.2) is 5.76 Å². The average Bonchev–Trinajstić information content (AvgIpc) is 3.03. The summed E-state index contributed by atoms with van der Waals surface area (Å²) in [6.07, 6.45) is 1.44. The van der Waals surface area contributed by atoms with Crippen LogP contribution in [0.1, 0.15) is 16.2 Å². The Labute approximate surface area is 120 Å². The summed E-state index contributed by atoms with van der Waals surface area (Å²) >= 11 is 0. The number of aryl methyl sites for hydroxylation is 1. The molecule has 0 saturated carbocycles. The number of aromatic nitrogens is 2. The van der Waals surface area contributed by atoms with Crippen molar-refractivity contribution in [3.8, 4) is 0 Å². The van der Waals surface area contributed by atoms with Crippen LogP contribution >= 0.6 is 0 Å². The van der Waals surface area contributed by atoms with Crippen LogP contribution in [-0.2, 0) is 13.6 Å². The molecule has 1 N–H and O–H groups in total. The molecule has 2 heterocycles. The average molecular weight is 283 g/mol. The maximum Gasteiger partial charge on any atom is 0.287 e. The zero-order valence-corrected chi connectivity index (χ0v) is 11.4. The first kappa shape index (κ1) is 13.1. The molecule has 0 fully saturated rings. The van der Waals surface area contributed by atoms with Crippen LogP contribution < -0.4 is 10.9 Å². The number of furan rings is 1. The second kappa shape index (κ2) is 5.24. The van der Waals surface area contributed by atoms with Crippen LogP contribution in [0.3, 0.4) is 0 Å². The molecule has 0 aliphatic rings. The van der Waals surface area contributed by atoms with Gasteiger partial charge in [0.05, 0.1) is 23.9 Å². The van der Waals surface area contributed by atoms with Crippen LogP contribution in [0.4, 0.5) is 0 Å². The van der Waals surface area contributed by atoms with E-state index in [-0.39, 0.29) is 23.8 Å². The van der Waals surface area contributed by atoms with E-state index in [1.165, 1.54) is 10.9 Å². The Morgan fingerprint density at radius 2 is 2.00 bits per heavy atom. The number of carbonyl (C=O) groups excluding carboxylic acids is 1. The van der Waals surface area contributed by atoms with Gasteiger partial charge in [0.2, 0.25) is 0 Å². The highest BCUT2D eigenvalue weighted by atomic mass is 16.3. The monoisotopic (exact) mass is 283 g/mol.